The molecule has 1 aliphatic rings. The third-order valence-corrected chi connectivity index (χ3v) is 4.64. The molecule has 0 spiro atoms. The molecule has 1 aromatic rings. The Morgan fingerprint density at radius 2 is 1.83 bits per heavy atom. The Bertz CT molecular complexity index is 535. The zero-order valence-corrected chi connectivity index (χ0v) is 15.9. The number of benzene rings is 1. The summed E-state index contributed by atoms with van der Waals surface area (Å²) in [6.45, 7) is 11.9. The summed E-state index contributed by atoms with van der Waals surface area (Å²) in [5.41, 5.74) is -0.920. The first-order chi connectivity index (χ1) is 11.3. The van der Waals surface area contributed by atoms with Crippen LogP contribution in [0.2, 0.25) is 5.02 Å². The molecule has 1 aromatic carbocycles. The predicted molar refractivity (Wildman–Crippen MR) is 98.6 cm³/mol. The molecule has 1 saturated heterocycles. The Labute approximate surface area is 150 Å². The van der Waals surface area contributed by atoms with Crippen molar-refractivity contribution in [3.8, 4) is 5.75 Å². The van der Waals surface area contributed by atoms with Crippen LogP contribution in [0.4, 0.5) is 0 Å². The van der Waals surface area contributed by atoms with Gasteiger partial charge in [0.1, 0.15) is 5.75 Å². The van der Waals surface area contributed by atoms with Crippen LogP contribution < -0.4 is 10.1 Å². The van der Waals surface area contributed by atoms with Crippen molar-refractivity contribution in [2.24, 2.45) is 11.8 Å². The highest BCUT2D eigenvalue weighted by atomic mass is 35.5. The van der Waals surface area contributed by atoms with Crippen LogP contribution in [0.3, 0.4) is 0 Å². The summed E-state index contributed by atoms with van der Waals surface area (Å²) in [5.74, 6) is 2.00. The SMILES string of the molecule is C[C@H]1C[C@H](C)CN(CCNC(=O)C(C)(C)Oc2ccc(Cl)cc2)C1. The van der Waals surface area contributed by atoms with Crippen LogP contribution in [0.5, 0.6) is 5.75 Å². The number of piperidine rings is 1. The number of ether oxygens (including phenoxy) is 1. The van der Waals surface area contributed by atoms with Gasteiger partial charge in [0, 0.05) is 31.2 Å². The second-order valence-electron chi connectivity index (χ2n) is 7.53. The molecule has 2 rings (SSSR count). The van der Waals surface area contributed by atoms with Crippen molar-refractivity contribution in [3.63, 3.8) is 0 Å². The summed E-state index contributed by atoms with van der Waals surface area (Å²) in [7, 11) is 0. The van der Waals surface area contributed by atoms with E-state index in [2.05, 4.69) is 24.1 Å². The molecule has 0 radical (unpaired) electrons. The van der Waals surface area contributed by atoms with Gasteiger partial charge in [0.25, 0.3) is 5.91 Å². The van der Waals surface area contributed by atoms with Gasteiger partial charge in [0.05, 0.1) is 0 Å². The lowest BCUT2D eigenvalue weighted by molar-refractivity contribution is -0.134. The van der Waals surface area contributed by atoms with E-state index >= 15 is 0 Å². The van der Waals surface area contributed by atoms with E-state index in [0.717, 1.165) is 31.5 Å². The lowest BCUT2D eigenvalue weighted by Gasteiger charge is -2.35. The standard InChI is InChI=1S/C19H29ClN2O2/c1-14-11-15(2)13-22(12-14)10-9-21-18(23)19(3,4)24-17-7-5-16(20)6-8-17/h5-8,14-15H,9-13H2,1-4H3,(H,21,23)/t14-,15-/m0/s1. The molecule has 2 atom stereocenters. The van der Waals surface area contributed by atoms with Gasteiger partial charge >= 0.3 is 0 Å². The van der Waals surface area contributed by atoms with Gasteiger partial charge in [0.2, 0.25) is 0 Å². The summed E-state index contributed by atoms with van der Waals surface area (Å²) < 4.78 is 5.81. The van der Waals surface area contributed by atoms with Crippen LogP contribution in [0, 0.1) is 11.8 Å². The van der Waals surface area contributed by atoms with Gasteiger partial charge < -0.3 is 15.0 Å². The number of rotatable bonds is 6. The molecule has 0 aliphatic carbocycles. The average Bonchev–Trinajstić information content (AvgIpc) is 2.48. The first-order valence-corrected chi connectivity index (χ1v) is 9.09. The van der Waals surface area contributed by atoms with Crippen LogP contribution in [0.15, 0.2) is 24.3 Å². The van der Waals surface area contributed by atoms with E-state index in [-0.39, 0.29) is 5.91 Å². The van der Waals surface area contributed by atoms with Crippen molar-refractivity contribution in [2.75, 3.05) is 26.2 Å². The molecule has 5 heteroatoms. The molecule has 134 valence electrons. The maximum atomic E-state index is 12.4. The fourth-order valence-corrected chi connectivity index (χ4v) is 3.48. The first-order valence-electron chi connectivity index (χ1n) is 8.71. The van der Waals surface area contributed by atoms with Crippen LogP contribution >= 0.6 is 11.6 Å². The Kier molecular flexibility index (Phi) is 6.53. The maximum Gasteiger partial charge on any atom is 0.263 e. The average molecular weight is 353 g/mol. The van der Waals surface area contributed by atoms with Crippen molar-refractivity contribution in [2.45, 2.75) is 39.7 Å². The number of hydrogen-bond acceptors (Lipinski definition) is 3. The number of amides is 1. The lowest BCUT2D eigenvalue weighted by atomic mass is 9.92. The summed E-state index contributed by atoms with van der Waals surface area (Å²) in [5, 5.41) is 3.65. The van der Waals surface area contributed by atoms with Crippen LogP contribution in [-0.4, -0.2) is 42.6 Å². The molecular formula is C19H29ClN2O2. The highest BCUT2D eigenvalue weighted by Gasteiger charge is 2.30. The van der Waals surface area contributed by atoms with Gasteiger partial charge in [-0.15, -0.1) is 0 Å². The van der Waals surface area contributed by atoms with Gasteiger partial charge in [-0.2, -0.15) is 0 Å². The smallest absolute Gasteiger partial charge is 0.263 e. The van der Waals surface area contributed by atoms with E-state index in [9.17, 15) is 4.79 Å². The maximum absolute atomic E-state index is 12.4. The number of carbonyl (C=O) groups is 1. The molecule has 1 fully saturated rings. The third kappa shape index (κ3) is 5.67. The molecule has 1 aliphatic heterocycles. The predicted octanol–water partition coefficient (Wildman–Crippen LogP) is 3.59. The summed E-state index contributed by atoms with van der Waals surface area (Å²) >= 11 is 5.87. The number of nitrogens with zero attached hydrogens (tertiary/aromatic N) is 1. The van der Waals surface area contributed by atoms with Gasteiger partial charge in [-0.1, -0.05) is 25.4 Å². The topological polar surface area (TPSA) is 41.6 Å². The van der Waals surface area contributed by atoms with Gasteiger partial charge in [0.15, 0.2) is 5.60 Å². The zero-order chi connectivity index (χ0) is 17.7. The van der Waals surface area contributed by atoms with E-state index in [1.807, 2.05) is 0 Å². The molecule has 1 N–H and O–H groups in total. The number of likely N-dealkylation sites (tertiary alicyclic amines) is 1. The number of hydrogen-bond donors (Lipinski definition) is 1. The molecule has 0 aromatic heterocycles. The molecule has 1 heterocycles. The van der Waals surface area contributed by atoms with E-state index < -0.39 is 5.60 Å². The lowest BCUT2D eigenvalue weighted by Crippen LogP contribution is -2.49. The molecule has 0 saturated carbocycles. The Balaban J connectivity index is 1.79. The van der Waals surface area contributed by atoms with Crippen molar-refractivity contribution in [1.29, 1.82) is 0 Å². The Morgan fingerprint density at radius 1 is 1.25 bits per heavy atom. The minimum Gasteiger partial charge on any atom is -0.478 e. The van der Waals surface area contributed by atoms with E-state index in [4.69, 9.17) is 16.3 Å². The largest absolute Gasteiger partial charge is 0.478 e. The van der Waals surface area contributed by atoms with E-state index in [0.29, 0.717) is 17.3 Å². The highest BCUT2D eigenvalue weighted by Crippen LogP contribution is 2.22. The summed E-state index contributed by atoms with van der Waals surface area (Å²) in [6.07, 6.45) is 1.30. The minimum atomic E-state index is -0.920. The fraction of sp³-hybridized carbons (Fsp3) is 0.632. The van der Waals surface area contributed by atoms with Gasteiger partial charge in [-0.25, -0.2) is 0 Å². The van der Waals surface area contributed by atoms with E-state index in [1.54, 1.807) is 38.1 Å². The quantitative estimate of drug-likeness (QED) is 0.850. The number of carbonyl (C=O) groups excluding carboxylic acids is 1. The monoisotopic (exact) mass is 352 g/mol. The third-order valence-electron chi connectivity index (χ3n) is 4.39. The summed E-state index contributed by atoms with van der Waals surface area (Å²) in [6, 6.07) is 7.05. The van der Waals surface area contributed by atoms with Crippen molar-refractivity contribution in [3.05, 3.63) is 29.3 Å². The zero-order valence-electron chi connectivity index (χ0n) is 15.1. The molecule has 4 nitrogen and oxygen atoms in total. The highest BCUT2D eigenvalue weighted by molar-refractivity contribution is 6.30. The van der Waals surface area contributed by atoms with Crippen molar-refractivity contribution in [1.82, 2.24) is 10.2 Å². The summed E-state index contributed by atoms with van der Waals surface area (Å²) in [4.78, 5) is 14.9. The normalized spacial score (nSPS) is 22.2. The molecular weight excluding hydrogens is 324 g/mol. The second kappa shape index (κ2) is 8.21. The van der Waals surface area contributed by atoms with Gasteiger partial charge in [-0.05, 0) is 56.4 Å². The first kappa shape index (κ1) is 19.1. The van der Waals surface area contributed by atoms with Crippen molar-refractivity contribution < 1.29 is 9.53 Å². The Hall–Kier alpha value is -1.26. The second-order valence-corrected chi connectivity index (χ2v) is 7.96. The van der Waals surface area contributed by atoms with E-state index in [1.165, 1.54) is 6.42 Å². The molecule has 0 unspecified atom stereocenters. The number of nitrogens with one attached hydrogen (secondary N) is 1. The Morgan fingerprint density at radius 3 is 2.42 bits per heavy atom. The fourth-order valence-electron chi connectivity index (χ4n) is 3.36. The molecule has 1 amide bonds. The van der Waals surface area contributed by atoms with Crippen molar-refractivity contribution >= 4 is 17.5 Å². The van der Waals surface area contributed by atoms with Crippen LogP contribution in [-0.2, 0) is 4.79 Å². The van der Waals surface area contributed by atoms with Crippen LogP contribution in [0.25, 0.3) is 0 Å². The van der Waals surface area contributed by atoms with Crippen LogP contribution in [0.1, 0.15) is 34.1 Å². The molecule has 24 heavy (non-hydrogen) atoms. The van der Waals surface area contributed by atoms with Gasteiger partial charge in [-0.3, -0.25) is 4.79 Å². The molecule has 0 bridgehead atoms. The minimum absolute atomic E-state index is 0.101. The number of halogens is 1.